The number of methoxy groups -OCH3 is 3. The van der Waals surface area contributed by atoms with Gasteiger partial charge in [0.25, 0.3) is 0 Å². The van der Waals surface area contributed by atoms with Gasteiger partial charge in [0.15, 0.2) is 11.5 Å². The van der Waals surface area contributed by atoms with E-state index in [1.165, 1.54) is 30.6 Å². The van der Waals surface area contributed by atoms with Crippen LogP contribution in [-0.4, -0.2) is 35.7 Å². The van der Waals surface area contributed by atoms with Gasteiger partial charge in [0, 0.05) is 22.6 Å². The van der Waals surface area contributed by atoms with Gasteiger partial charge in [0.1, 0.15) is 10.6 Å². The van der Waals surface area contributed by atoms with Gasteiger partial charge in [-0.15, -0.1) is 11.3 Å². The lowest BCUT2D eigenvalue weighted by atomic mass is 9.90. The molecular weight excluding hydrogens is 438 g/mol. The Morgan fingerprint density at radius 3 is 2.32 bits per heavy atom. The SMILES string of the molecule is COc1ccc(S(=O)(=O)c2csc3c2NC(=O)CC3c2ccc(OC)c(OC)c2)cc1. The molecule has 0 saturated heterocycles. The molecule has 0 saturated carbocycles. The largest absolute Gasteiger partial charge is 0.497 e. The molecule has 0 aliphatic carbocycles. The summed E-state index contributed by atoms with van der Waals surface area (Å²) in [7, 11) is 0.799. The third-order valence-electron chi connectivity index (χ3n) is 5.23. The molecule has 0 bridgehead atoms. The van der Waals surface area contributed by atoms with E-state index in [0.29, 0.717) is 22.9 Å². The molecule has 1 N–H and O–H groups in total. The van der Waals surface area contributed by atoms with Crippen molar-refractivity contribution >= 4 is 32.8 Å². The maximum atomic E-state index is 13.3. The Kier molecular flexibility index (Phi) is 5.63. The van der Waals surface area contributed by atoms with Crippen LogP contribution < -0.4 is 19.5 Å². The van der Waals surface area contributed by atoms with Crippen LogP contribution >= 0.6 is 11.3 Å². The van der Waals surface area contributed by atoms with Gasteiger partial charge in [0.05, 0.1) is 31.9 Å². The van der Waals surface area contributed by atoms with Crippen LogP contribution in [0.25, 0.3) is 0 Å². The van der Waals surface area contributed by atoms with Crippen LogP contribution in [0, 0.1) is 0 Å². The molecule has 9 heteroatoms. The summed E-state index contributed by atoms with van der Waals surface area (Å²) in [6.45, 7) is 0. The lowest BCUT2D eigenvalue weighted by Gasteiger charge is -2.24. The van der Waals surface area contributed by atoms with Crippen LogP contribution in [0.3, 0.4) is 0 Å². The minimum Gasteiger partial charge on any atom is -0.497 e. The standard InChI is InChI=1S/C22H21NO6S2/c1-27-14-5-7-15(8-6-14)31(25,26)19-12-30-22-16(11-20(24)23-21(19)22)13-4-9-17(28-2)18(10-13)29-3/h4-10,12,16H,11H2,1-3H3,(H,23,24). The van der Waals surface area contributed by atoms with Crippen LogP contribution in [0.4, 0.5) is 5.69 Å². The van der Waals surface area contributed by atoms with Crippen LogP contribution in [-0.2, 0) is 14.6 Å². The van der Waals surface area contributed by atoms with Gasteiger partial charge >= 0.3 is 0 Å². The Labute approximate surface area is 184 Å². The Hall–Kier alpha value is -3.04. The van der Waals surface area contributed by atoms with Crippen LogP contribution in [0.1, 0.15) is 22.8 Å². The molecule has 1 aliphatic rings. The van der Waals surface area contributed by atoms with Crippen molar-refractivity contribution in [3.63, 3.8) is 0 Å². The number of nitrogens with one attached hydrogen (secondary N) is 1. The van der Waals surface area contributed by atoms with Crippen LogP contribution in [0.5, 0.6) is 17.2 Å². The molecule has 3 aromatic rings. The van der Waals surface area contributed by atoms with E-state index in [-0.39, 0.29) is 28.0 Å². The normalized spacial score (nSPS) is 15.7. The predicted molar refractivity (Wildman–Crippen MR) is 117 cm³/mol. The lowest BCUT2D eigenvalue weighted by Crippen LogP contribution is -2.23. The second kappa shape index (κ2) is 8.24. The van der Waals surface area contributed by atoms with Gasteiger partial charge in [-0.2, -0.15) is 0 Å². The van der Waals surface area contributed by atoms with Crippen LogP contribution in [0.2, 0.25) is 0 Å². The number of ether oxygens (including phenoxy) is 3. The van der Waals surface area contributed by atoms with E-state index in [2.05, 4.69) is 5.32 Å². The quantitative estimate of drug-likeness (QED) is 0.597. The Bertz CT molecular complexity index is 1230. The molecular formula is C22H21NO6S2. The Morgan fingerprint density at radius 2 is 1.68 bits per heavy atom. The van der Waals surface area contributed by atoms with E-state index < -0.39 is 9.84 Å². The van der Waals surface area contributed by atoms with Crippen molar-refractivity contribution in [3.05, 3.63) is 58.3 Å². The number of hydrogen-bond acceptors (Lipinski definition) is 7. The summed E-state index contributed by atoms with van der Waals surface area (Å²) >= 11 is 1.32. The minimum absolute atomic E-state index is 0.0937. The zero-order valence-corrected chi connectivity index (χ0v) is 18.8. The number of anilines is 1. The monoisotopic (exact) mass is 459 g/mol. The van der Waals surface area contributed by atoms with Crippen molar-refractivity contribution in [3.8, 4) is 17.2 Å². The fourth-order valence-corrected chi connectivity index (χ4v) is 6.53. The third-order valence-corrected chi connectivity index (χ3v) is 8.26. The van der Waals surface area contributed by atoms with Gasteiger partial charge in [-0.3, -0.25) is 4.79 Å². The number of sulfone groups is 1. The number of thiophene rings is 1. The van der Waals surface area contributed by atoms with Crippen molar-refractivity contribution in [2.45, 2.75) is 22.1 Å². The number of amides is 1. The average Bonchev–Trinajstić information content (AvgIpc) is 3.22. The highest BCUT2D eigenvalue weighted by molar-refractivity contribution is 7.91. The van der Waals surface area contributed by atoms with Crippen molar-refractivity contribution in [2.75, 3.05) is 26.6 Å². The second-order valence-corrected chi connectivity index (χ2v) is 9.77. The number of carbonyl (C=O) groups is 1. The molecule has 1 unspecified atom stereocenters. The summed E-state index contributed by atoms with van der Waals surface area (Å²) in [6, 6.07) is 11.6. The van der Waals surface area contributed by atoms with Crippen molar-refractivity contribution in [2.24, 2.45) is 0 Å². The van der Waals surface area contributed by atoms with E-state index >= 15 is 0 Å². The topological polar surface area (TPSA) is 90.9 Å². The van der Waals surface area contributed by atoms with Crippen molar-refractivity contribution < 1.29 is 27.4 Å². The van der Waals surface area contributed by atoms with E-state index in [4.69, 9.17) is 14.2 Å². The van der Waals surface area contributed by atoms with Gasteiger partial charge in [0.2, 0.25) is 15.7 Å². The summed E-state index contributed by atoms with van der Waals surface area (Å²) in [6.07, 6.45) is 0.213. The first-order valence-corrected chi connectivity index (χ1v) is 11.8. The molecule has 4 rings (SSSR count). The first-order valence-electron chi connectivity index (χ1n) is 9.41. The molecule has 31 heavy (non-hydrogen) atoms. The van der Waals surface area contributed by atoms with Crippen molar-refractivity contribution in [1.29, 1.82) is 0 Å². The summed E-state index contributed by atoms with van der Waals surface area (Å²) in [5.74, 6) is 1.18. The highest BCUT2D eigenvalue weighted by Gasteiger charge is 2.34. The number of carbonyl (C=O) groups excluding carboxylic acids is 1. The van der Waals surface area contributed by atoms with E-state index in [0.717, 1.165) is 10.4 Å². The smallest absolute Gasteiger partial charge is 0.225 e. The van der Waals surface area contributed by atoms with E-state index in [1.807, 2.05) is 12.1 Å². The molecule has 0 spiro atoms. The zero-order valence-electron chi connectivity index (χ0n) is 17.2. The Morgan fingerprint density at radius 1 is 0.968 bits per heavy atom. The maximum absolute atomic E-state index is 13.3. The van der Waals surface area contributed by atoms with Crippen LogP contribution in [0.15, 0.2) is 57.6 Å². The first-order chi connectivity index (χ1) is 14.9. The zero-order chi connectivity index (χ0) is 22.2. The summed E-state index contributed by atoms with van der Waals surface area (Å²) in [5.41, 5.74) is 1.20. The molecule has 1 amide bonds. The fourth-order valence-electron chi connectivity index (χ4n) is 3.62. The maximum Gasteiger partial charge on any atom is 0.225 e. The van der Waals surface area contributed by atoms with Gasteiger partial charge in [-0.05, 0) is 42.0 Å². The average molecular weight is 460 g/mol. The molecule has 7 nitrogen and oxygen atoms in total. The van der Waals surface area contributed by atoms with E-state index in [1.54, 1.807) is 37.8 Å². The highest BCUT2D eigenvalue weighted by atomic mass is 32.2. The molecule has 1 aliphatic heterocycles. The third kappa shape index (κ3) is 3.75. The molecule has 1 aromatic heterocycles. The fraction of sp³-hybridized carbons (Fsp3) is 0.227. The molecule has 2 heterocycles. The number of fused-ring (bicyclic) bond motifs is 1. The molecule has 0 fully saturated rings. The number of hydrogen-bond donors (Lipinski definition) is 1. The molecule has 1 atom stereocenters. The molecule has 2 aromatic carbocycles. The second-order valence-electron chi connectivity index (χ2n) is 6.94. The summed E-state index contributed by atoms with van der Waals surface area (Å²) in [5, 5.41) is 4.36. The minimum atomic E-state index is -3.82. The highest BCUT2D eigenvalue weighted by Crippen LogP contribution is 2.47. The molecule has 0 radical (unpaired) electrons. The van der Waals surface area contributed by atoms with Gasteiger partial charge < -0.3 is 19.5 Å². The van der Waals surface area contributed by atoms with Gasteiger partial charge in [-0.1, -0.05) is 6.07 Å². The first kappa shape index (κ1) is 21.2. The number of benzene rings is 2. The van der Waals surface area contributed by atoms with E-state index in [9.17, 15) is 13.2 Å². The summed E-state index contributed by atoms with van der Waals surface area (Å²) in [4.78, 5) is 13.5. The van der Waals surface area contributed by atoms with Gasteiger partial charge in [-0.25, -0.2) is 8.42 Å². The lowest BCUT2D eigenvalue weighted by molar-refractivity contribution is -0.116. The number of rotatable bonds is 6. The predicted octanol–water partition coefficient (Wildman–Crippen LogP) is 4.08. The summed E-state index contributed by atoms with van der Waals surface area (Å²) < 4.78 is 42.3. The molecule has 162 valence electrons. The Balaban J connectivity index is 1.78. The van der Waals surface area contributed by atoms with Crippen molar-refractivity contribution in [1.82, 2.24) is 0 Å².